The summed E-state index contributed by atoms with van der Waals surface area (Å²) in [5.74, 6) is -0.0985. The first kappa shape index (κ1) is 23.0. The highest BCUT2D eigenvalue weighted by Gasteiger charge is 2.26. The van der Waals surface area contributed by atoms with Gasteiger partial charge in [-0.2, -0.15) is 0 Å². The van der Waals surface area contributed by atoms with E-state index in [1.807, 2.05) is 6.07 Å². The average Bonchev–Trinajstić information content (AvgIpc) is 3.21. The van der Waals surface area contributed by atoms with Crippen molar-refractivity contribution in [3.63, 3.8) is 0 Å². The lowest BCUT2D eigenvalue weighted by Crippen LogP contribution is -2.39. The topological polar surface area (TPSA) is 83.7 Å². The molecular weight excluding hydrogens is 445 g/mol. The fourth-order valence-corrected chi connectivity index (χ4v) is 4.57. The van der Waals surface area contributed by atoms with Crippen molar-refractivity contribution in [3.8, 4) is 0 Å². The van der Waals surface area contributed by atoms with E-state index in [0.717, 1.165) is 37.1 Å². The molecule has 0 bridgehead atoms. The van der Waals surface area contributed by atoms with Gasteiger partial charge in [0.15, 0.2) is 0 Å². The Morgan fingerprint density at radius 1 is 1.13 bits per heavy atom. The molecule has 1 amide bonds. The molecule has 2 N–H and O–H groups in total. The number of halogens is 2. The Bertz CT molecular complexity index is 1020. The van der Waals surface area contributed by atoms with Crippen molar-refractivity contribution in [3.05, 3.63) is 63.6 Å². The Kier molecular flexibility index (Phi) is 7.42. The number of hydrogen-bond donors (Lipinski definition) is 1. The molecule has 1 aliphatic rings. The third kappa shape index (κ3) is 5.74. The van der Waals surface area contributed by atoms with E-state index in [0.29, 0.717) is 16.6 Å². The Morgan fingerprint density at radius 2 is 1.83 bits per heavy atom. The number of sulfonamides is 1. The summed E-state index contributed by atoms with van der Waals surface area (Å²) in [6.07, 6.45) is 2.40. The molecule has 1 saturated heterocycles. The zero-order valence-corrected chi connectivity index (χ0v) is 19.1. The van der Waals surface area contributed by atoms with Crippen LogP contribution in [0.3, 0.4) is 0 Å². The van der Waals surface area contributed by atoms with E-state index in [-0.39, 0.29) is 23.3 Å². The zero-order valence-electron chi connectivity index (χ0n) is 16.7. The Hall–Kier alpha value is -1.64. The highest BCUT2D eigenvalue weighted by atomic mass is 35.5. The Labute approximate surface area is 187 Å². The Morgan fingerprint density at radius 3 is 2.47 bits per heavy atom. The summed E-state index contributed by atoms with van der Waals surface area (Å²) in [6.45, 7) is 2.54. The molecule has 30 heavy (non-hydrogen) atoms. The van der Waals surface area contributed by atoms with E-state index in [2.05, 4.69) is 4.90 Å². The fraction of sp³-hybridized carbons (Fsp3) is 0.381. The number of likely N-dealkylation sites (N-methyl/N-ethyl adjacent to an activating group) is 1. The van der Waals surface area contributed by atoms with Crippen molar-refractivity contribution in [1.29, 1.82) is 0 Å². The first-order chi connectivity index (χ1) is 14.1. The number of carbonyl (C=O) groups excluding carboxylic acids is 1. The van der Waals surface area contributed by atoms with Crippen LogP contribution in [0.1, 0.15) is 30.0 Å². The lowest BCUT2D eigenvalue weighted by molar-refractivity contribution is -0.131. The maximum atomic E-state index is 13.1. The fourth-order valence-electron chi connectivity index (χ4n) is 3.68. The predicted octanol–water partition coefficient (Wildman–Crippen LogP) is 3.48. The molecular formula is C21H25Cl2N3O3S. The highest BCUT2D eigenvalue weighted by molar-refractivity contribution is 7.89. The number of primary sulfonamides is 1. The second kappa shape index (κ2) is 9.66. The minimum Gasteiger partial charge on any atom is -0.337 e. The van der Waals surface area contributed by atoms with Crippen molar-refractivity contribution in [2.75, 3.05) is 26.7 Å². The van der Waals surface area contributed by atoms with Crippen LogP contribution in [0.15, 0.2) is 47.4 Å². The second-order valence-electron chi connectivity index (χ2n) is 7.57. The highest BCUT2D eigenvalue weighted by Crippen LogP contribution is 2.27. The van der Waals surface area contributed by atoms with Gasteiger partial charge < -0.3 is 9.80 Å². The minimum atomic E-state index is -3.83. The molecule has 2 aromatic carbocycles. The SMILES string of the molecule is CN(C(=O)Cc1ccc(Cl)c(Cl)c1)C(CN1CCCC1)c1cccc(S(N)(=O)=O)c1. The van der Waals surface area contributed by atoms with Gasteiger partial charge in [-0.15, -0.1) is 0 Å². The summed E-state index contributed by atoms with van der Waals surface area (Å²) in [6, 6.07) is 11.3. The van der Waals surface area contributed by atoms with Crippen LogP contribution in [0.5, 0.6) is 0 Å². The van der Waals surface area contributed by atoms with E-state index in [9.17, 15) is 13.2 Å². The summed E-state index contributed by atoms with van der Waals surface area (Å²) in [5.41, 5.74) is 1.50. The van der Waals surface area contributed by atoms with Gasteiger partial charge in [-0.1, -0.05) is 41.4 Å². The van der Waals surface area contributed by atoms with Crippen molar-refractivity contribution in [1.82, 2.24) is 9.80 Å². The predicted molar refractivity (Wildman–Crippen MR) is 119 cm³/mol. The number of hydrogen-bond acceptors (Lipinski definition) is 4. The molecule has 1 fully saturated rings. The number of likely N-dealkylation sites (tertiary alicyclic amines) is 1. The number of nitrogens with two attached hydrogens (primary N) is 1. The number of nitrogens with zero attached hydrogens (tertiary/aromatic N) is 2. The molecule has 162 valence electrons. The minimum absolute atomic E-state index is 0.0387. The summed E-state index contributed by atoms with van der Waals surface area (Å²) in [4.78, 5) is 17.1. The van der Waals surface area contributed by atoms with Crippen LogP contribution in [0.4, 0.5) is 0 Å². The summed E-state index contributed by atoms with van der Waals surface area (Å²) >= 11 is 12.0. The normalized spacial score (nSPS) is 15.9. The number of carbonyl (C=O) groups is 1. The summed E-state index contributed by atoms with van der Waals surface area (Å²) in [5, 5.41) is 6.15. The first-order valence-electron chi connectivity index (χ1n) is 9.70. The van der Waals surface area contributed by atoms with E-state index < -0.39 is 10.0 Å². The third-order valence-electron chi connectivity index (χ3n) is 5.40. The monoisotopic (exact) mass is 469 g/mol. The average molecular weight is 470 g/mol. The van der Waals surface area contributed by atoms with Crippen LogP contribution in [0, 0.1) is 0 Å². The molecule has 0 aromatic heterocycles. The van der Waals surface area contributed by atoms with E-state index >= 15 is 0 Å². The van der Waals surface area contributed by atoms with Gasteiger partial charge in [0.1, 0.15) is 0 Å². The maximum absolute atomic E-state index is 13.1. The van der Waals surface area contributed by atoms with Crippen molar-refractivity contribution < 1.29 is 13.2 Å². The summed E-state index contributed by atoms with van der Waals surface area (Å²) < 4.78 is 23.6. The molecule has 1 heterocycles. The van der Waals surface area contributed by atoms with Crippen molar-refractivity contribution in [2.45, 2.75) is 30.2 Å². The molecule has 0 radical (unpaired) electrons. The number of amides is 1. The maximum Gasteiger partial charge on any atom is 0.238 e. The molecule has 0 spiro atoms. The van der Waals surface area contributed by atoms with Crippen molar-refractivity contribution >= 4 is 39.1 Å². The zero-order chi connectivity index (χ0) is 21.9. The van der Waals surface area contributed by atoms with Gasteiger partial charge in [-0.05, 0) is 61.3 Å². The van der Waals surface area contributed by atoms with Gasteiger partial charge in [-0.3, -0.25) is 4.79 Å². The van der Waals surface area contributed by atoms with Gasteiger partial charge in [0.05, 0.1) is 27.4 Å². The smallest absolute Gasteiger partial charge is 0.238 e. The summed E-state index contributed by atoms with van der Waals surface area (Å²) in [7, 11) is -2.09. The van der Waals surface area contributed by atoms with Gasteiger partial charge in [-0.25, -0.2) is 13.6 Å². The van der Waals surface area contributed by atoms with E-state index in [4.69, 9.17) is 28.3 Å². The molecule has 1 unspecified atom stereocenters. The Balaban J connectivity index is 1.87. The van der Waals surface area contributed by atoms with Gasteiger partial charge in [0.2, 0.25) is 15.9 Å². The largest absolute Gasteiger partial charge is 0.337 e. The molecule has 1 atom stereocenters. The van der Waals surface area contributed by atoms with Crippen LogP contribution in [0.2, 0.25) is 10.0 Å². The molecule has 6 nitrogen and oxygen atoms in total. The standard InChI is InChI=1S/C21H25Cl2N3O3S/c1-25(21(27)12-15-7-8-18(22)19(23)11-15)20(14-26-9-2-3-10-26)16-5-4-6-17(13-16)30(24,28)29/h4-8,11,13,20H,2-3,9-10,12,14H2,1H3,(H2,24,28,29). The van der Waals surface area contributed by atoms with Gasteiger partial charge in [0, 0.05) is 13.6 Å². The van der Waals surface area contributed by atoms with E-state index in [1.54, 1.807) is 42.3 Å². The van der Waals surface area contributed by atoms with Crippen LogP contribution >= 0.6 is 23.2 Å². The van der Waals surface area contributed by atoms with Gasteiger partial charge in [0.25, 0.3) is 0 Å². The van der Waals surface area contributed by atoms with E-state index in [1.165, 1.54) is 6.07 Å². The first-order valence-corrected chi connectivity index (χ1v) is 12.0. The number of benzene rings is 2. The van der Waals surface area contributed by atoms with Crippen molar-refractivity contribution in [2.24, 2.45) is 5.14 Å². The van der Waals surface area contributed by atoms with Crippen LogP contribution in [-0.4, -0.2) is 50.8 Å². The van der Waals surface area contributed by atoms with Gasteiger partial charge >= 0.3 is 0 Å². The lowest BCUT2D eigenvalue weighted by atomic mass is 10.0. The van der Waals surface area contributed by atoms with Crippen LogP contribution in [-0.2, 0) is 21.2 Å². The quantitative estimate of drug-likeness (QED) is 0.672. The molecule has 0 saturated carbocycles. The van der Waals surface area contributed by atoms with Crippen LogP contribution in [0.25, 0.3) is 0 Å². The third-order valence-corrected chi connectivity index (χ3v) is 7.05. The molecule has 0 aliphatic carbocycles. The lowest BCUT2D eigenvalue weighted by Gasteiger charge is -2.32. The van der Waals surface area contributed by atoms with Crippen LogP contribution < -0.4 is 5.14 Å². The molecule has 1 aliphatic heterocycles. The molecule has 3 rings (SSSR count). The number of rotatable bonds is 7. The molecule has 2 aromatic rings. The second-order valence-corrected chi connectivity index (χ2v) is 9.95. The molecule has 9 heteroatoms.